The van der Waals surface area contributed by atoms with Gasteiger partial charge in [-0.25, -0.2) is 19.9 Å². The molecule has 0 amide bonds. The second kappa shape index (κ2) is 5.00. The molecule has 2 heterocycles. The first-order valence-electron chi connectivity index (χ1n) is 4.21. The second-order valence-electron chi connectivity index (χ2n) is 2.65. The van der Waals surface area contributed by atoms with Crippen molar-refractivity contribution in [2.75, 3.05) is 0 Å². The van der Waals surface area contributed by atoms with Gasteiger partial charge in [-0.2, -0.15) is 0 Å². The Balaban J connectivity index is 2.35. The lowest BCUT2D eigenvalue weighted by atomic mass is 10.4. The summed E-state index contributed by atoms with van der Waals surface area (Å²) in [6.45, 7) is 0. The van der Waals surface area contributed by atoms with E-state index in [1.54, 1.807) is 12.3 Å². The third-order valence-corrected chi connectivity index (χ3v) is 2.94. The molecule has 2 aromatic rings. The topological polar surface area (TPSA) is 68.6 Å². The van der Waals surface area contributed by atoms with Gasteiger partial charge in [0.15, 0.2) is 6.29 Å². The van der Waals surface area contributed by atoms with Gasteiger partial charge in [-0.05, 0) is 17.8 Å². The number of aldehydes is 1. The van der Waals surface area contributed by atoms with Crippen LogP contribution in [0.2, 0.25) is 5.15 Å². The molecule has 0 aromatic carbocycles. The largest absolute Gasteiger partial charge is 0.298 e. The van der Waals surface area contributed by atoms with Crippen LogP contribution in [0.5, 0.6) is 0 Å². The van der Waals surface area contributed by atoms with Gasteiger partial charge in [-0.15, -0.1) is 0 Å². The van der Waals surface area contributed by atoms with Crippen LogP contribution in [0.25, 0.3) is 0 Å². The Kier molecular flexibility index (Phi) is 3.43. The van der Waals surface area contributed by atoms with Gasteiger partial charge >= 0.3 is 0 Å². The zero-order valence-corrected chi connectivity index (χ0v) is 9.44. The first-order valence-corrected chi connectivity index (χ1v) is 5.40. The maximum Gasteiger partial charge on any atom is 0.155 e. The number of hydrogen-bond donors (Lipinski definition) is 0. The third kappa shape index (κ3) is 2.34. The molecule has 2 aromatic heterocycles. The van der Waals surface area contributed by atoms with Crippen LogP contribution in [0, 0.1) is 0 Å². The summed E-state index contributed by atoms with van der Waals surface area (Å²) >= 11 is 7.00. The van der Waals surface area contributed by atoms with Crippen molar-refractivity contribution in [3.05, 3.63) is 35.6 Å². The van der Waals surface area contributed by atoms with Crippen molar-refractivity contribution in [1.82, 2.24) is 19.9 Å². The standard InChI is InChI=1S/C9H5ClN4OS/c10-8-6(3-15)9(14-5-13-8)16-7-1-2-11-4-12-7/h1-5H. The first-order chi connectivity index (χ1) is 7.81. The maximum atomic E-state index is 10.8. The number of rotatable bonds is 3. The molecule has 0 aliphatic carbocycles. The summed E-state index contributed by atoms with van der Waals surface area (Å²) in [7, 11) is 0. The van der Waals surface area contributed by atoms with E-state index in [9.17, 15) is 4.79 Å². The van der Waals surface area contributed by atoms with Crippen LogP contribution in [0.1, 0.15) is 10.4 Å². The summed E-state index contributed by atoms with van der Waals surface area (Å²) < 4.78 is 0. The molecule has 80 valence electrons. The quantitative estimate of drug-likeness (QED) is 0.614. The Morgan fingerprint density at radius 2 is 2.12 bits per heavy atom. The first kappa shape index (κ1) is 11.0. The minimum absolute atomic E-state index is 0.140. The van der Waals surface area contributed by atoms with Crippen molar-refractivity contribution < 1.29 is 4.79 Å². The van der Waals surface area contributed by atoms with Crippen molar-refractivity contribution in [2.24, 2.45) is 0 Å². The van der Waals surface area contributed by atoms with E-state index >= 15 is 0 Å². The highest BCUT2D eigenvalue weighted by Gasteiger charge is 2.10. The van der Waals surface area contributed by atoms with E-state index in [4.69, 9.17) is 11.6 Å². The van der Waals surface area contributed by atoms with Crippen LogP contribution in [0.15, 0.2) is 35.0 Å². The Bertz CT molecular complexity index is 508. The van der Waals surface area contributed by atoms with Crippen LogP contribution in [-0.4, -0.2) is 26.2 Å². The van der Waals surface area contributed by atoms with Gasteiger partial charge in [0, 0.05) is 6.20 Å². The minimum atomic E-state index is 0.140. The smallest absolute Gasteiger partial charge is 0.155 e. The number of carbonyl (C=O) groups is 1. The Labute approximate surface area is 100 Å². The van der Waals surface area contributed by atoms with Gasteiger partial charge in [0.1, 0.15) is 27.9 Å². The lowest BCUT2D eigenvalue weighted by molar-refractivity contribution is 0.112. The fraction of sp³-hybridized carbons (Fsp3) is 0. The lowest BCUT2D eigenvalue weighted by Crippen LogP contribution is -1.94. The predicted molar refractivity (Wildman–Crippen MR) is 58.6 cm³/mol. The molecule has 0 atom stereocenters. The van der Waals surface area contributed by atoms with Crippen LogP contribution in [-0.2, 0) is 0 Å². The fourth-order valence-electron chi connectivity index (χ4n) is 0.978. The summed E-state index contributed by atoms with van der Waals surface area (Å²) in [6.07, 6.45) is 4.97. The van der Waals surface area contributed by atoms with Crippen molar-refractivity contribution in [2.45, 2.75) is 10.1 Å². The summed E-state index contributed by atoms with van der Waals surface area (Å²) in [6, 6.07) is 1.72. The third-order valence-electron chi connectivity index (χ3n) is 1.67. The number of hydrogen-bond acceptors (Lipinski definition) is 6. The van der Waals surface area contributed by atoms with E-state index in [-0.39, 0.29) is 10.7 Å². The van der Waals surface area contributed by atoms with Crippen molar-refractivity contribution in [1.29, 1.82) is 0 Å². The van der Waals surface area contributed by atoms with Gasteiger partial charge in [-0.1, -0.05) is 11.6 Å². The Morgan fingerprint density at radius 3 is 2.81 bits per heavy atom. The highest BCUT2D eigenvalue weighted by molar-refractivity contribution is 7.99. The molecule has 0 aliphatic heterocycles. The average Bonchev–Trinajstić information content (AvgIpc) is 2.31. The Morgan fingerprint density at radius 1 is 1.25 bits per heavy atom. The number of halogens is 1. The normalized spacial score (nSPS) is 10.1. The van der Waals surface area contributed by atoms with Crippen LogP contribution in [0.4, 0.5) is 0 Å². The molecule has 0 spiro atoms. The zero-order chi connectivity index (χ0) is 11.4. The van der Waals surface area contributed by atoms with E-state index < -0.39 is 0 Å². The molecule has 0 fully saturated rings. The fourth-order valence-corrected chi connectivity index (χ4v) is 1.99. The van der Waals surface area contributed by atoms with Crippen molar-refractivity contribution in [3.63, 3.8) is 0 Å². The molecule has 2 rings (SSSR count). The highest BCUT2D eigenvalue weighted by Crippen LogP contribution is 2.28. The van der Waals surface area contributed by atoms with Crippen LogP contribution in [0.3, 0.4) is 0 Å². The molecular weight excluding hydrogens is 248 g/mol. The molecule has 16 heavy (non-hydrogen) atoms. The van der Waals surface area contributed by atoms with Crippen LogP contribution < -0.4 is 0 Å². The molecule has 0 radical (unpaired) electrons. The highest BCUT2D eigenvalue weighted by atomic mass is 35.5. The van der Waals surface area contributed by atoms with Gasteiger partial charge in [0.25, 0.3) is 0 Å². The monoisotopic (exact) mass is 252 g/mol. The zero-order valence-electron chi connectivity index (χ0n) is 7.87. The van der Waals surface area contributed by atoms with Crippen molar-refractivity contribution in [3.8, 4) is 0 Å². The molecule has 0 saturated heterocycles. The van der Waals surface area contributed by atoms with E-state index in [2.05, 4.69) is 19.9 Å². The van der Waals surface area contributed by atoms with E-state index in [1.807, 2.05) is 0 Å². The summed E-state index contributed by atoms with van der Waals surface area (Å²) in [5.74, 6) is 0. The number of nitrogens with zero attached hydrogens (tertiary/aromatic N) is 4. The van der Waals surface area contributed by atoms with E-state index in [0.29, 0.717) is 16.3 Å². The van der Waals surface area contributed by atoms with Gasteiger partial charge < -0.3 is 0 Å². The molecule has 0 saturated carbocycles. The maximum absolute atomic E-state index is 10.8. The van der Waals surface area contributed by atoms with E-state index in [1.165, 1.54) is 24.4 Å². The Hall–Kier alpha value is -1.53. The van der Waals surface area contributed by atoms with Gasteiger partial charge in [-0.3, -0.25) is 4.79 Å². The molecule has 0 aliphatic rings. The molecule has 0 unspecified atom stereocenters. The lowest BCUT2D eigenvalue weighted by Gasteiger charge is -2.02. The summed E-state index contributed by atoms with van der Waals surface area (Å²) in [5.41, 5.74) is 0.271. The predicted octanol–water partition coefficient (Wildman–Crippen LogP) is 1.88. The molecular formula is C9H5ClN4OS. The summed E-state index contributed by atoms with van der Waals surface area (Å²) in [4.78, 5) is 26.3. The number of aromatic nitrogens is 4. The minimum Gasteiger partial charge on any atom is -0.298 e. The average molecular weight is 253 g/mol. The summed E-state index contributed by atoms with van der Waals surface area (Å²) in [5, 5.41) is 1.31. The van der Waals surface area contributed by atoms with Crippen molar-refractivity contribution >= 4 is 29.6 Å². The molecule has 7 heteroatoms. The van der Waals surface area contributed by atoms with E-state index in [0.717, 1.165) is 0 Å². The molecule has 5 nitrogen and oxygen atoms in total. The van der Waals surface area contributed by atoms with Gasteiger partial charge in [0.2, 0.25) is 0 Å². The van der Waals surface area contributed by atoms with Crippen LogP contribution >= 0.6 is 23.4 Å². The SMILES string of the molecule is O=Cc1c(Cl)ncnc1Sc1ccncn1. The number of carbonyl (C=O) groups excluding carboxylic acids is 1. The molecule has 0 N–H and O–H groups in total. The second-order valence-corrected chi connectivity index (χ2v) is 4.02. The van der Waals surface area contributed by atoms with Gasteiger partial charge in [0.05, 0.1) is 5.56 Å². The molecule has 0 bridgehead atoms.